The molecule has 3 atom stereocenters. The van der Waals surface area contributed by atoms with Crippen molar-refractivity contribution in [3.8, 4) is 0 Å². The zero-order valence-electron chi connectivity index (χ0n) is 9.41. The highest BCUT2D eigenvalue weighted by molar-refractivity contribution is 5.15. The molecule has 1 rings (SSSR count). The van der Waals surface area contributed by atoms with E-state index in [2.05, 4.69) is 34.6 Å². The van der Waals surface area contributed by atoms with E-state index >= 15 is 0 Å². The molecule has 0 amide bonds. The molecule has 0 heteroatoms. The largest absolute Gasteiger partial charge is 0.0654 e. The van der Waals surface area contributed by atoms with Gasteiger partial charge in [-0.15, -0.1) is 0 Å². The van der Waals surface area contributed by atoms with Crippen LogP contribution in [0.3, 0.4) is 0 Å². The standard InChI is InChI=1S/C12H24/c1-6-9-12(8-3)10(4)11(12,5)7-2/h10H,6-9H2,1-5H3. The topological polar surface area (TPSA) is 0 Å². The molecule has 0 aromatic carbocycles. The van der Waals surface area contributed by atoms with Gasteiger partial charge >= 0.3 is 0 Å². The predicted molar refractivity (Wildman–Crippen MR) is 55.2 cm³/mol. The van der Waals surface area contributed by atoms with Gasteiger partial charge in [-0.2, -0.15) is 0 Å². The number of hydrogen-bond acceptors (Lipinski definition) is 0. The van der Waals surface area contributed by atoms with Crippen molar-refractivity contribution in [2.45, 2.75) is 60.3 Å². The summed E-state index contributed by atoms with van der Waals surface area (Å²) in [5, 5.41) is 0. The van der Waals surface area contributed by atoms with Crippen LogP contribution in [-0.4, -0.2) is 0 Å². The zero-order valence-corrected chi connectivity index (χ0v) is 9.41. The van der Waals surface area contributed by atoms with Crippen LogP contribution in [-0.2, 0) is 0 Å². The first-order chi connectivity index (χ1) is 5.59. The highest BCUT2D eigenvalue weighted by Gasteiger charge is 2.67. The third-order valence-electron chi connectivity index (χ3n) is 4.90. The molecular formula is C12H24. The molecule has 0 nitrogen and oxygen atoms in total. The molecule has 12 heavy (non-hydrogen) atoms. The molecule has 0 radical (unpaired) electrons. The smallest absolute Gasteiger partial charge is 0.0213 e. The Balaban J connectivity index is 2.72. The molecule has 0 bridgehead atoms. The molecule has 1 saturated carbocycles. The van der Waals surface area contributed by atoms with Gasteiger partial charge in [0.25, 0.3) is 0 Å². The van der Waals surface area contributed by atoms with Crippen molar-refractivity contribution in [3.05, 3.63) is 0 Å². The summed E-state index contributed by atoms with van der Waals surface area (Å²) in [6, 6.07) is 0. The monoisotopic (exact) mass is 168 g/mol. The summed E-state index contributed by atoms with van der Waals surface area (Å²) in [5.41, 5.74) is 1.37. The van der Waals surface area contributed by atoms with E-state index in [1.54, 1.807) is 0 Å². The maximum absolute atomic E-state index is 2.48. The summed E-state index contributed by atoms with van der Waals surface area (Å²) in [7, 11) is 0. The van der Waals surface area contributed by atoms with Crippen molar-refractivity contribution >= 4 is 0 Å². The van der Waals surface area contributed by atoms with Crippen molar-refractivity contribution in [3.63, 3.8) is 0 Å². The van der Waals surface area contributed by atoms with Gasteiger partial charge in [-0.3, -0.25) is 0 Å². The summed E-state index contributed by atoms with van der Waals surface area (Å²) in [4.78, 5) is 0. The normalized spacial score (nSPS) is 46.2. The summed E-state index contributed by atoms with van der Waals surface area (Å²) in [6.45, 7) is 12.0. The Labute approximate surface area is 77.7 Å². The van der Waals surface area contributed by atoms with E-state index in [1.807, 2.05) is 0 Å². The average molecular weight is 168 g/mol. The lowest BCUT2D eigenvalue weighted by atomic mass is 9.86. The van der Waals surface area contributed by atoms with E-state index < -0.39 is 0 Å². The summed E-state index contributed by atoms with van der Waals surface area (Å²) < 4.78 is 0. The van der Waals surface area contributed by atoms with Crippen molar-refractivity contribution in [2.75, 3.05) is 0 Å². The van der Waals surface area contributed by atoms with Crippen LogP contribution in [0.15, 0.2) is 0 Å². The van der Waals surface area contributed by atoms with Crippen LogP contribution in [0.25, 0.3) is 0 Å². The van der Waals surface area contributed by atoms with Crippen molar-refractivity contribution in [1.82, 2.24) is 0 Å². The Morgan fingerprint density at radius 1 is 1.08 bits per heavy atom. The van der Waals surface area contributed by atoms with Crippen molar-refractivity contribution in [1.29, 1.82) is 0 Å². The van der Waals surface area contributed by atoms with Gasteiger partial charge in [-0.1, -0.05) is 41.0 Å². The van der Waals surface area contributed by atoms with Crippen LogP contribution in [0.5, 0.6) is 0 Å². The maximum Gasteiger partial charge on any atom is -0.0213 e. The van der Waals surface area contributed by atoms with Crippen LogP contribution >= 0.6 is 0 Å². The van der Waals surface area contributed by atoms with Crippen LogP contribution < -0.4 is 0 Å². The van der Waals surface area contributed by atoms with E-state index in [0.29, 0.717) is 10.8 Å². The van der Waals surface area contributed by atoms with Gasteiger partial charge in [0.1, 0.15) is 0 Å². The van der Waals surface area contributed by atoms with Gasteiger partial charge < -0.3 is 0 Å². The molecule has 0 heterocycles. The van der Waals surface area contributed by atoms with E-state index in [1.165, 1.54) is 25.7 Å². The predicted octanol–water partition coefficient (Wildman–Crippen LogP) is 4.25. The molecular weight excluding hydrogens is 144 g/mol. The average Bonchev–Trinajstić information content (AvgIpc) is 2.55. The Morgan fingerprint density at radius 2 is 1.67 bits per heavy atom. The van der Waals surface area contributed by atoms with E-state index in [9.17, 15) is 0 Å². The highest BCUT2D eigenvalue weighted by Crippen LogP contribution is 2.74. The zero-order chi connectivity index (χ0) is 9.41. The highest BCUT2D eigenvalue weighted by atomic mass is 14.7. The minimum absolute atomic E-state index is 0.664. The number of rotatable bonds is 4. The van der Waals surface area contributed by atoms with Crippen molar-refractivity contribution in [2.24, 2.45) is 16.7 Å². The van der Waals surface area contributed by atoms with Crippen LogP contribution in [0, 0.1) is 16.7 Å². The Bertz CT molecular complexity index is 161. The second-order valence-corrected chi connectivity index (χ2v) is 4.75. The van der Waals surface area contributed by atoms with Gasteiger partial charge in [0.05, 0.1) is 0 Å². The molecule has 1 aliphatic carbocycles. The van der Waals surface area contributed by atoms with Crippen LogP contribution in [0.1, 0.15) is 60.3 Å². The lowest BCUT2D eigenvalue weighted by Crippen LogP contribution is -2.09. The van der Waals surface area contributed by atoms with Crippen LogP contribution in [0.2, 0.25) is 0 Å². The van der Waals surface area contributed by atoms with E-state index in [4.69, 9.17) is 0 Å². The second kappa shape index (κ2) is 3.05. The molecule has 1 fully saturated rings. The van der Waals surface area contributed by atoms with Gasteiger partial charge in [0, 0.05) is 0 Å². The first kappa shape index (κ1) is 10.1. The van der Waals surface area contributed by atoms with Crippen molar-refractivity contribution < 1.29 is 0 Å². The molecule has 0 saturated heterocycles. The molecule has 0 N–H and O–H groups in total. The third kappa shape index (κ3) is 0.963. The molecule has 0 aromatic rings. The van der Waals surface area contributed by atoms with E-state index in [-0.39, 0.29) is 0 Å². The first-order valence-corrected chi connectivity index (χ1v) is 5.59. The Morgan fingerprint density at radius 3 is 1.92 bits per heavy atom. The molecule has 72 valence electrons. The van der Waals surface area contributed by atoms with Gasteiger partial charge in [0.2, 0.25) is 0 Å². The lowest BCUT2D eigenvalue weighted by Gasteiger charge is -2.19. The fourth-order valence-corrected chi connectivity index (χ4v) is 3.60. The van der Waals surface area contributed by atoms with E-state index in [0.717, 1.165) is 5.92 Å². The first-order valence-electron chi connectivity index (χ1n) is 5.59. The quantitative estimate of drug-likeness (QED) is 0.588. The molecule has 3 unspecified atom stereocenters. The molecule has 0 spiro atoms. The second-order valence-electron chi connectivity index (χ2n) is 4.75. The van der Waals surface area contributed by atoms with Gasteiger partial charge in [-0.25, -0.2) is 0 Å². The lowest BCUT2D eigenvalue weighted by molar-refractivity contribution is 0.312. The minimum atomic E-state index is 0.664. The third-order valence-corrected chi connectivity index (χ3v) is 4.90. The SMILES string of the molecule is CCCC1(CC)C(C)C1(C)CC. The number of hydrogen-bond donors (Lipinski definition) is 0. The summed E-state index contributed by atoms with van der Waals surface area (Å²) >= 11 is 0. The fraction of sp³-hybridized carbons (Fsp3) is 1.00. The Kier molecular flexibility index (Phi) is 2.56. The minimum Gasteiger partial charge on any atom is -0.0654 e. The molecule has 0 aromatic heterocycles. The molecule has 1 aliphatic rings. The fourth-order valence-electron chi connectivity index (χ4n) is 3.60. The molecule has 0 aliphatic heterocycles. The summed E-state index contributed by atoms with van der Waals surface area (Å²) in [6.07, 6.45) is 5.54. The van der Waals surface area contributed by atoms with Crippen LogP contribution in [0.4, 0.5) is 0 Å². The van der Waals surface area contributed by atoms with Gasteiger partial charge in [0.15, 0.2) is 0 Å². The Hall–Kier alpha value is 0. The maximum atomic E-state index is 2.48. The summed E-state index contributed by atoms with van der Waals surface area (Å²) in [5.74, 6) is 0.958. The van der Waals surface area contributed by atoms with Gasteiger partial charge in [-0.05, 0) is 36.0 Å².